The van der Waals surface area contributed by atoms with E-state index in [0.29, 0.717) is 16.7 Å². The molecule has 0 atom stereocenters. The number of rotatable bonds is 4. The first kappa shape index (κ1) is 12.5. The Kier molecular flexibility index (Phi) is 3.17. The molecule has 0 unspecified atom stereocenters. The third kappa shape index (κ3) is 2.55. The first-order valence-corrected chi connectivity index (χ1v) is 8.05. The van der Waals surface area contributed by atoms with E-state index in [0.717, 1.165) is 16.3 Å². The number of hydrogen-bond acceptors (Lipinski definition) is 7. The van der Waals surface area contributed by atoms with Gasteiger partial charge in [0.05, 0.1) is 10.6 Å². The summed E-state index contributed by atoms with van der Waals surface area (Å²) in [5.41, 5.74) is 0.871. The maximum absolute atomic E-state index is 5.35. The van der Waals surface area contributed by atoms with Crippen molar-refractivity contribution in [2.24, 2.45) is 0 Å². The molecule has 0 aromatic carbocycles. The molecule has 0 aliphatic heterocycles. The molecule has 0 N–H and O–H groups in total. The van der Waals surface area contributed by atoms with Gasteiger partial charge in [0.2, 0.25) is 5.16 Å². The van der Waals surface area contributed by atoms with E-state index < -0.39 is 0 Å². The van der Waals surface area contributed by atoms with E-state index in [1.165, 1.54) is 11.8 Å². The summed E-state index contributed by atoms with van der Waals surface area (Å²) in [6.45, 7) is 0. The highest BCUT2D eigenvalue weighted by atomic mass is 32.2. The van der Waals surface area contributed by atoms with Crippen molar-refractivity contribution in [2.45, 2.75) is 10.9 Å². The van der Waals surface area contributed by atoms with Gasteiger partial charge in [0.25, 0.3) is 5.78 Å². The maximum Gasteiger partial charge on any atom is 0.253 e. The van der Waals surface area contributed by atoms with Gasteiger partial charge >= 0.3 is 0 Å². The first-order valence-electron chi connectivity index (χ1n) is 6.18. The smallest absolute Gasteiger partial charge is 0.253 e. The summed E-state index contributed by atoms with van der Waals surface area (Å²) in [5.74, 6) is 2.05. The summed E-state index contributed by atoms with van der Waals surface area (Å²) < 4.78 is 7.00. The van der Waals surface area contributed by atoms with Crippen LogP contribution in [0.25, 0.3) is 16.4 Å². The Labute approximate surface area is 127 Å². The molecular weight excluding hydrogens is 306 g/mol. The average Bonchev–Trinajstić information content (AvgIpc) is 3.23. The van der Waals surface area contributed by atoms with Crippen molar-refractivity contribution in [1.29, 1.82) is 0 Å². The van der Waals surface area contributed by atoms with E-state index in [1.54, 1.807) is 22.0 Å². The summed E-state index contributed by atoms with van der Waals surface area (Å²) in [6.07, 6.45) is 3.52. The van der Waals surface area contributed by atoms with Crippen LogP contribution in [0.15, 0.2) is 51.7 Å². The topological polar surface area (TPSA) is 69.1 Å². The zero-order valence-corrected chi connectivity index (χ0v) is 12.3. The molecule has 0 saturated carbocycles. The van der Waals surface area contributed by atoms with E-state index in [2.05, 4.69) is 20.2 Å². The van der Waals surface area contributed by atoms with E-state index in [9.17, 15) is 0 Å². The van der Waals surface area contributed by atoms with Crippen LogP contribution in [0.5, 0.6) is 0 Å². The highest BCUT2D eigenvalue weighted by Gasteiger charge is 2.10. The van der Waals surface area contributed by atoms with Gasteiger partial charge in [0.1, 0.15) is 0 Å². The molecule has 6 nitrogen and oxygen atoms in total. The number of thioether (sulfide) groups is 1. The molecule has 0 aliphatic rings. The molecule has 0 aliphatic carbocycles. The molecule has 4 aromatic heterocycles. The first-order chi connectivity index (χ1) is 10.4. The lowest BCUT2D eigenvalue weighted by atomic mass is 10.3. The summed E-state index contributed by atoms with van der Waals surface area (Å²) in [7, 11) is 0. The molecule has 0 amide bonds. The third-order valence-electron chi connectivity index (χ3n) is 2.77. The SMILES string of the molecule is c1csc(-c2cc(CSc3nc4ncccn4n3)no2)c1. The van der Waals surface area contributed by atoms with Crippen LogP contribution in [0, 0.1) is 0 Å². The molecule has 0 bridgehead atoms. The Hall–Kier alpha value is -2.19. The molecule has 0 spiro atoms. The van der Waals surface area contributed by atoms with Crippen molar-refractivity contribution in [2.75, 3.05) is 0 Å². The molecule has 4 aromatic rings. The standard InChI is InChI=1S/C13H9N5OS2/c1-3-11(20-6-1)10-7-9(17-19-10)8-21-13-15-12-14-4-2-5-18(12)16-13/h1-7H,8H2. The van der Waals surface area contributed by atoms with Crippen LogP contribution in [-0.4, -0.2) is 24.7 Å². The normalized spacial score (nSPS) is 11.2. The summed E-state index contributed by atoms with van der Waals surface area (Å²) in [5, 5.41) is 11.1. The minimum Gasteiger partial charge on any atom is -0.355 e. The summed E-state index contributed by atoms with van der Waals surface area (Å²) in [6, 6.07) is 7.77. The Morgan fingerprint density at radius 1 is 1.33 bits per heavy atom. The van der Waals surface area contributed by atoms with Gasteiger partial charge in [0, 0.05) is 24.2 Å². The van der Waals surface area contributed by atoms with Crippen LogP contribution in [0.4, 0.5) is 0 Å². The average molecular weight is 315 g/mol. The van der Waals surface area contributed by atoms with Gasteiger partial charge < -0.3 is 4.52 Å². The molecular formula is C13H9N5OS2. The summed E-state index contributed by atoms with van der Waals surface area (Å²) in [4.78, 5) is 9.55. The second-order valence-corrected chi connectivity index (χ2v) is 6.10. The zero-order valence-electron chi connectivity index (χ0n) is 10.7. The van der Waals surface area contributed by atoms with Gasteiger partial charge in [-0.3, -0.25) is 0 Å². The van der Waals surface area contributed by atoms with Crippen molar-refractivity contribution >= 4 is 28.9 Å². The molecule has 21 heavy (non-hydrogen) atoms. The Morgan fingerprint density at radius 3 is 3.19 bits per heavy atom. The molecule has 0 saturated heterocycles. The molecule has 0 fully saturated rings. The number of hydrogen-bond donors (Lipinski definition) is 0. The minimum absolute atomic E-state index is 0.597. The minimum atomic E-state index is 0.597. The number of fused-ring (bicyclic) bond motifs is 1. The lowest BCUT2D eigenvalue weighted by molar-refractivity contribution is 0.427. The van der Waals surface area contributed by atoms with Crippen molar-refractivity contribution in [3.63, 3.8) is 0 Å². The van der Waals surface area contributed by atoms with Crippen LogP contribution in [0.2, 0.25) is 0 Å². The van der Waals surface area contributed by atoms with Gasteiger partial charge in [-0.2, -0.15) is 4.98 Å². The van der Waals surface area contributed by atoms with Crippen LogP contribution >= 0.6 is 23.1 Å². The zero-order chi connectivity index (χ0) is 14.1. The van der Waals surface area contributed by atoms with Gasteiger partial charge in [-0.25, -0.2) is 9.50 Å². The lowest BCUT2D eigenvalue weighted by Crippen LogP contribution is -1.87. The quantitative estimate of drug-likeness (QED) is 0.539. The molecule has 0 radical (unpaired) electrons. The van der Waals surface area contributed by atoms with E-state index in [1.807, 2.05) is 35.8 Å². The maximum atomic E-state index is 5.35. The third-order valence-corrected chi connectivity index (χ3v) is 4.52. The Morgan fingerprint density at radius 2 is 2.33 bits per heavy atom. The lowest BCUT2D eigenvalue weighted by Gasteiger charge is -1.89. The molecule has 4 rings (SSSR count). The van der Waals surface area contributed by atoms with E-state index >= 15 is 0 Å². The Balaban J connectivity index is 1.49. The Bertz CT molecular complexity index is 835. The second-order valence-electron chi connectivity index (χ2n) is 4.21. The predicted molar refractivity (Wildman–Crippen MR) is 80.2 cm³/mol. The van der Waals surface area contributed by atoms with Crippen LogP contribution in [0.1, 0.15) is 5.69 Å². The summed E-state index contributed by atoms with van der Waals surface area (Å²) >= 11 is 3.14. The fourth-order valence-corrected chi connectivity index (χ4v) is 3.21. The monoisotopic (exact) mass is 315 g/mol. The fraction of sp³-hybridized carbons (Fsp3) is 0.0769. The number of nitrogens with zero attached hydrogens (tertiary/aromatic N) is 5. The van der Waals surface area contributed by atoms with Gasteiger partial charge in [-0.15, -0.1) is 16.4 Å². The van der Waals surface area contributed by atoms with E-state index in [-0.39, 0.29) is 0 Å². The molecule has 104 valence electrons. The van der Waals surface area contributed by atoms with Crippen molar-refractivity contribution in [3.05, 3.63) is 47.7 Å². The predicted octanol–water partition coefficient (Wildman–Crippen LogP) is 3.13. The second kappa shape index (κ2) is 5.30. The van der Waals surface area contributed by atoms with Gasteiger partial charge in [-0.1, -0.05) is 23.0 Å². The fourth-order valence-electron chi connectivity index (χ4n) is 1.83. The number of aromatic nitrogens is 5. The van der Waals surface area contributed by atoms with Crippen molar-refractivity contribution in [1.82, 2.24) is 24.7 Å². The van der Waals surface area contributed by atoms with Crippen LogP contribution < -0.4 is 0 Å². The highest BCUT2D eigenvalue weighted by Crippen LogP contribution is 2.27. The van der Waals surface area contributed by atoms with Gasteiger partial charge in [-0.05, 0) is 17.5 Å². The van der Waals surface area contributed by atoms with Crippen molar-refractivity contribution < 1.29 is 4.52 Å². The number of thiophene rings is 1. The van der Waals surface area contributed by atoms with Crippen LogP contribution in [-0.2, 0) is 5.75 Å². The highest BCUT2D eigenvalue weighted by molar-refractivity contribution is 7.98. The largest absolute Gasteiger partial charge is 0.355 e. The van der Waals surface area contributed by atoms with E-state index in [4.69, 9.17) is 4.52 Å². The van der Waals surface area contributed by atoms with Crippen molar-refractivity contribution in [3.8, 4) is 10.6 Å². The van der Waals surface area contributed by atoms with Gasteiger partial charge in [0.15, 0.2) is 5.76 Å². The van der Waals surface area contributed by atoms with Crippen LogP contribution in [0.3, 0.4) is 0 Å². The molecule has 4 heterocycles. The molecule has 8 heteroatoms.